The predicted molar refractivity (Wildman–Crippen MR) is 363 cm³/mol. The van der Waals surface area contributed by atoms with Crippen molar-refractivity contribution in [1.82, 2.24) is 19.8 Å². The van der Waals surface area contributed by atoms with Crippen molar-refractivity contribution in [2.75, 3.05) is 52.9 Å². The molecule has 546 valence electrons. The second-order valence-electron chi connectivity index (χ2n) is 27.8. The number of Topliss-reactive ketones (excluding diaryl/α,β-unsaturated/α-hetero) is 3. The molecule has 4 aliphatic heterocycles. The molecule has 0 spiro atoms. The minimum absolute atomic E-state index is 0.0158. The number of aromatic nitrogens is 2. The number of urea groups is 1. The number of hydrogen-bond donors (Lipinski definition) is 5. The number of aryl methyl sites for hydroxylation is 1. The van der Waals surface area contributed by atoms with Crippen LogP contribution in [0.25, 0.3) is 10.4 Å². The number of nitrogens with two attached hydrogens (primary N) is 1. The lowest BCUT2D eigenvalue weighted by Crippen LogP contribution is -2.61. The van der Waals surface area contributed by atoms with Crippen LogP contribution in [0, 0.1) is 42.4 Å². The van der Waals surface area contributed by atoms with Gasteiger partial charge in [0.05, 0.1) is 53.9 Å². The number of esters is 1. The number of alkyl halides is 3. The summed E-state index contributed by atoms with van der Waals surface area (Å²) in [4.78, 5) is 106. The van der Waals surface area contributed by atoms with Crippen molar-refractivity contribution in [3.8, 4) is 10.4 Å². The summed E-state index contributed by atoms with van der Waals surface area (Å²) in [6.45, 7) is 17.2. The molecule has 7 rings (SSSR count). The van der Waals surface area contributed by atoms with Crippen LogP contribution >= 0.6 is 11.3 Å². The van der Waals surface area contributed by atoms with Crippen LogP contribution < -0.4 is 11.1 Å². The molecule has 4 fully saturated rings. The number of ketones is 3. The number of primary amides is 1. The first kappa shape index (κ1) is 80.9. The van der Waals surface area contributed by atoms with Crippen LogP contribution in [0.3, 0.4) is 0 Å². The number of halogens is 3. The molecular weight excluding hydrogens is 1290 g/mol. The Hall–Kier alpha value is -6.10. The van der Waals surface area contributed by atoms with Gasteiger partial charge in [-0.1, -0.05) is 82.4 Å². The second-order valence-corrected chi connectivity index (χ2v) is 28.8. The van der Waals surface area contributed by atoms with Crippen molar-refractivity contribution < 1.29 is 90.5 Å². The summed E-state index contributed by atoms with van der Waals surface area (Å²) in [6, 6.07) is 0.714. The Morgan fingerprint density at radius 1 is 0.888 bits per heavy atom. The third-order valence-corrected chi connectivity index (χ3v) is 21.2. The summed E-state index contributed by atoms with van der Waals surface area (Å²) in [7, 11) is 4.58. The van der Waals surface area contributed by atoms with Crippen molar-refractivity contribution in [3.63, 3.8) is 0 Å². The Morgan fingerprint density at radius 3 is 2.28 bits per heavy atom. The van der Waals surface area contributed by atoms with Crippen LogP contribution in [0.2, 0.25) is 0 Å². The van der Waals surface area contributed by atoms with Gasteiger partial charge >= 0.3 is 18.2 Å². The van der Waals surface area contributed by atoms with Crippen LogP contribution in [-0.2, 0) is 62.6 Å². The van der Waals surface area contributed by atoms with E-state index in [2.05, 4.69) is 15.3 Å². The second kappa shape index (κ2) is 36.5. The highest BCUT2D eigenvalue weighted by Gasteiger charge is 2.54. The molecule has 2 aromatic rings. The maximum absolute atomic E-state index is 14.5. The van der Waals surface area contributed by atoms with Crippen molar-refractivity contribution in [2.45, 2.75) is 231 Å². The molecule has 0 radical (unpaired) electrons. The summed E-state index contributed by atoms with van der Waals surface area (Å²) in [5.41, 5.74) is 5.48. The number of fused-ring (bicyclic) bond motifs is 3. The van der Waals surface area contributed by atoms with Gasteiger partial charge in [-0.15, -0.1) is 0 Å². The van der Waals surface area contributed by atoms with Gasteiger partial charge < -0.3 is 59.3 Å². The predicted octanol–water partition coefficient (Wildman–Crippen LogP) is 10.0. The molecule has 98 heavy (non-hydrogen) atoms. The number of nitrogens with one attached hydrogen (secondary N) is 1. The van der Waals surface area contributed by atoms with Gasteiger partial charge in [-0.2, -0.15) is 13.2 Å². The fourth-order valence-electron chi connectivity index (χ4n) is 13.7. The number of carbonyl (C=O) groups is 7. The summed E-state index contributed by atoms with van der Waals surface area (Å²) in [6.07, 6.45) is 10.1. The number of ether oxygens (including phenoxy) is 6. The number of rotatable bonds is 13. The number of piperidine rings is 1. The van der Waals surface area contributed by atoms with Crippen molar-refractivity contribution >= 4 is 57.6 Å². The molecule has 1 saturated carbocycles. The van der Waals surface area contributed by atoms with Crippen LogP contribution in [0.5, 0.6) is 0 Å². The molecule has 6 heterocycles. The van der Waals surface area contributed by atoms with E-state index in [4.69, 9.17) is 34.2 Å². The zero-order chi connectivity index (χ0) is 72.6. The molecule has 16 atom stereocenters. The molecule has 2 aromatic heterocycles. The molecule has 0 aromatic carbocycles. The van der Waals surface area contributed by atoms with E-state index in [1.807, 2.05) is 58.1 Å². The zero-order valence-corrected chi connectivity index (χ0v) is 60.0. The van der Waals surface area contributed by atoms with E-state index in [1.165, 1.54) is 29.2 Å². The lowest BCUT2D eigenvalue weighted by atomic mass is 9.78. The highest BCUT2D eigenvalue weighted by atomic mass is 32.1. The molecule has 0 unspecified atom stereocenters. The van der Waals surface area contributed by atoms with Gasteiger partial charge in [0.2, 0.25) is 11.7 Å². The first-order valence-electron chi connectivity index (χ1n) is 34.3. The number of hydrogen-bond acceptors (Lipinski definition) is 19. The Labute approximate surface area is 578 Å². The highest BCUT2D eigenvalue weighted by molar-refractivity contribution is 7.19. The monoisotopic (exact) mass is 1400 g/mol. The van der Waals surface area contributed by atoms with Crippen LogP contribution in [0.4, 0.5) is 23.1 Å². The maximum Gasteiger partial charge on any atom is 0.399 e. The molecule has 1 aliphatic carbocycles. The van der Waals surface area contributed by atoms with E-state index < -0.39 is 107 Å². The molecule has 5 aliphatic rings. The van der Waals surface area contributed by atoms with Crippen LogP contribution in [-0.4, -0.2) is 191 Å². The topological polar surface area (TPSA) is 306 Å². The molecule has 26 heteroatoms. The van der Waals surface area contributed by atoms with Gasteiger partial charge in [0, 0.05) is 71.2 Å². The van der Waals surface area contributed by atoms with Gasteiger partial charge in [0.1, 0.15) is 41.6 Å². The van der Waals surface area contributed by atoms with E-state index in [9.17, 15) is 62.1 Å². The third kappa shape index (κ3) is 20.8. The number of carbonyl (C=O) groups excluding carboxylic acids is 7. The van der Waals surface area contributed by atoms with Crippen molar-refractivity contribution in [3.05, 3.63) is 77.3 Å². The van der Waals surface area contributed by atoms with E-state index in [0.29, 0.717) is 98.9 Å². The van der Waals surface area contributed by atoms with Gasteiger partial charge in [0.15, 0.2) is 10.9 Å². The summed E-state index contributed by atoms with van der Waals surface area (Å²) < 4.78 is 75.7. The van der Waals surface area contributed by atoms with Crippen LogP contribution in [0.15, 0.2) is 65.9 Å². The maximum atomic E-state index is 14.5. The lowest BCUT2D eigenvalue weighted by molar-refractivity contribution is -0.265. The quantitative estimate of drug-likeness (QED) is 0.0707. The standard InChI is InChI=1S/C53H83NO14.C19H22F3N5O2S/c1-32-16-12-11-13-17-33(2)44(63-8)30-40-21-19-38(7)53(62,68-40)50(59)51(60)54-23-15-14-18-41(54)52(61)67-45(35(4)28-39-20-22-43(66-25-24-55)46(29-39)64-9)31-42(56)34(3)27-37(6)48(58)49(65-10)47(57)36(5)26-32;1-10-14(11-6-7-24-13(9-11)18(2,3)19(20,21)22)30-16(25-10)26-17(29)27-8-4-5-12(27)15(23)28/h11-13,16-17,27,32,34-36,38-41,43-46,48-49,55,58,62H,14-15,18-26,28-31H2,1-10H3;6-7,9,12H,4-5,8H2,1-3H3,(H2,23,28)(H,25,26,29)/b13-11+,16-12+,33-17+,37-27+;/t32-,34-,35-,36-,38-,39+,40+,41+,43-,44+,45+,46-,48-,49+,53-;12-/m10/s1. The first-order valence-corrected chi connectivity index (χ1v) is 35.1. The molecule has 4 amide bonds. The fraction of sp³-hybridized carbons (Fsp3) is 0.681. The van der Waals surface area contributed by atoms with Crippen molar-refractivity contribution in [2.24, 2.45) is 41.2 Å². The zero-order valence-electron chi connectivity index (χ0n) is 59.1. The number of thiazole rings is 1. The summed E-state index contributed by atoms with van der Waals surface area (Å²) in [5.74, 6) is -8.52. The molecule has 22 nitrogen and oxygen atoms in total. The number of likely N-dealkylation sites (tertiary alicyclic amines) is 1. The third-order valence-electron chi connectivity index (χ3n) is 20.1. The summed E-state index contributed by atoms with van der Waals surface area (Å²) in [5, 5.41) is 35.7. The molecule has 2 bridgehead atoms. The van der Waals surface area contributed by atoms with Gasteiger partial charge in [0.25, 0.3) is 11.7 Å². The number of nitrogens with zero attached hydrogens (tertiary/aromatic N) is 4. The van der Waals surface area contributed by atoms with Gasteiger partial charge in [-0.3, -0.25) is 34.3 Å². The number of aliphatic hydroxyl groups is 3. The normalized spacial score (nSPS) is 32.5. The van der Waals surface area contributed by atoms with Crippen LogP contribution in [0.1, 0.15) is 164 Å². The largest absolute Gasteiger partial charge is 0.460 e. The minimum atomic E-state index is -4.45. The number of cyclic esters (lactones) is 1. The molecule has 6 N–H and O–H groups in total. The Morgan fingerprint density at radius 2 is 1.61 bits per heavy atom. The summed E-state index contributed by atoms with van der Waals surface area (Å²) >= 11 is 1.14. The average molecular weight is 1400 g/mol. The molecule has 3 saturated heterocycles. The number of amides is 4. The SMILES string of the molecule is CO[C@H]1C[C@@H]2CC[C@@H](C)[C@@](O)(O2)C(=O)C(=O)N2CCCC[C@H]2C(=O)O[C@H]([C@H](C)C[C@@H]2CC[C@@H](OCCO)[C@H](OC)C2)CC(=O)[C@H](C)/C=C(\C)[C@@H](O)[C@@H](OC)C(=O)[C@H](C)C[C@H](C)/C=C/C=C/C=C/1C.Cc1nc(NC(=O)N2CCC[C@H]2C(N)=O)sc1-c1ccnc(C(C)(C)C(F)(F)F)c1. The van der Waals surface area contributed by atoms with E-state index >= 15 is 0 Å². The number of allylic oxidation sites excluding steroid dienone is 6. The van der Waals surface area contributed by atoms with Gasteiger partial charge in [-0.05, 0) is 158 Å². The Balaban J connectivity index is 0.000000417. The Bertz CT molecular complexity index is 3190. The first-order chi connectivity index (χ1) is 46.2. The lowest BCUT2D eigenvalue weighted by Gasteiger charge is -2.42. The molecular formula is C72H105F3N6O16S. The number of aliphatic hydroxyl groups excluding tert-OH is 2. The minimum Gasteiger partial charge on any atom is -0.460 e. The van der Waals surface area contributed by atoms with Crippen molar-refractivity contribution in [1.29, 1.82) is 0 Å². The number of pyridine rings is 1. The smallest absolute Gasteiger partial charge is 0.399 e. The Kier molecular flexibility index (Phi) is 30.1. The van der Waals surface area contributed by atoms with E-state index in [-0.39, 0.29) is 85.0 Å². The highest BCUT2D eigenvalue weighted by Crippen LogP contribution is 2.43. The average Bonchev–Trinajstić information content (AvgIpc) is 0.914. The van der Waals surface area contributed by atoms with Gasteiger partial charge in [-0.25, -0.2) is 14.6 Å². The fourth-order valence-corrected chi connectivity index (χ4v) is 14.7. The van der Waals surface area contributed by atoms with E-state index in [0.717, 1.165) is 37.2 Å². The number of methoxy groups -OCH3 is 3. The van der Waals surface area contributed by atoms with E-state index in [1.54, 1.807) is 54.1 Å². The number of anilines is 1.